The van der Waals surface area contributed by atoms with Gasteiger partial charge in [0.1, 0.15) is 18.1 Å². The summed E-state index contributed by atoms with van der Waals surface area (Å²) in [5.74, 6) is 0.221. The third-order valence-electron chi connectivity index (χ3n) is 4.44. The third kappa shape index (κ3) is 4.06. The molecule has 1 aliphatic rings. The summed E-state index contributed by atoms with van der Waals surface area (Å²) in [6, 6.07) is 9.46. The highest BCUT2D eigenvalue weighted by molar-refractivity contribution is 5.76. The lowest BCUT2D eigenvalue weighted by Gasteiger charge is -2.11. The molecule has 27 heavy (non-hydrogen) atoms. The van der Waals surface area contributed by atoms with E-state index in [-0.39, 0.29) is 24.4 Å². The molecule has 0 spiro atoms. The van der Waals surface area contributed by atoms with Crippen molar-refractivity contribution in [1.29, 1.82) is 0 Å². The molecule has 1 amide bonds. The number of hydrogen-bond acceptors (Lipinski definition) is 5. The van der Waals surface area contributed by atoms with E-state index in [1.165, 1.54) is 12.1 Å². The van der Waals surface area contributed by atoms with E-state index in [1.807, 2.05) is 6.07 Å². The Morgan fingerprint density at radius 2 is 2.15 bits per heavy atom. The van der Waals surface area contributed by atoms with E-state index in [0.717, 1.165) is 19.4 Å². The first kappa shape index (κ1) is 17.4. The molecular formula is C19H19FN4O3. The van der Waals surface area contributed by atoms with Crippen LogP contribution in [-0.2, 0) is 16.1 Å². The van der Waals surface area contributed by atoms with E-state index >= 15 is 0 Å². The average Bonchev–Trinajstić information content (AvgIpc) is 3.42. The molecule has 1 aliphatic heterocycles. The number of amides is 1. The zero-order valence-corrected chi connectivity index (χ0v) is 14.6. The Kier molecular flexibility index (Phi) is 4.97. The van der Waals surface area contributed by atoms with Crippen LogP contribution >= 0.6 is 0 Å². The molecule has 0 unspecified atom stereocenters. The molecule has 8 heteroatoms. The first-order valence-corrected chi connectivity index (χ1v) is 8.82. The lowest BCUT2D eigenvalue weighted by Crippen LogP contribution is -2.34. The maximum absolute atomic E-state index is 13.1. The molecule has 0 saturated carbocycles. The molecule has 140 valence electrons. The smallest absolute Gasteiger partial charge is 0.274 e. The van der Waals surface area contributed by atoms with Gasteiger partial charge in [-0.2, -0.15) is 4.98 Å². The number of hydrogen-bond donors (Lipinski definition) is 1. The predicted molar refractivity (Wildman–Crippen MR) is 95.1 cm³/mol. The Labute approximate surface area is 155 Å². The van der Waals surface area contributed by atoms with Gasteiger partial charge in [0.05, 0.1) is 6.10 Å². The second-order valence-corrected chi connectivity index (χ2v) is 6.39. The lowest BCUT2D eigenvalue weighted by molar-refractivity contribution is -0.122. The zero-order valence-electron chi connectivity index (χ0n) is 14.6. The zero-order chi connectivity index (χ0) is 18.6. The number of carbonyl (C=O) groups excluding carboxylic acids is 1. The largest absolute Gasteiger partial charge is 0.376 e. The van der Waals surface area contributed by atoms with Gasteiger partial charge in [0, 0.05) is 24.9 Å². The molecule has 1 saturated heterocycles. The summed E-state index contributed by atoms with van der Waals surface area (Å²) >= 11 is 0. The monoisotopic (exact) mass is 370 g/mol. The number of carbonyl (C=O) groups is 1. The van der Waals surface area contributed by atoms with Gasteiger partial charge < -0.3 is 19.1 Å². The van der Waals surface area contributed by atoms with Crippen molar-refractivity contribution in [2.75, 3.05) is 13.2 Å². The normalized spacial score (nSPS) is 16.6. The van der Waals surface area contributed by atoms with Crippen LogP contribution in [0.3, 0.4) is 0 Å². The fourth-order valence-electron chi connectivity index (χ4n) is 3.03. The van der Waals surface area contributed by atoms with Crippen molar-refractivity contribution in [3.05, 3.63) is 48.4 Å². The van der Waals surface area contributed by atoms with Gasteiger partial charge in [-0.15, -0.1) is 0 Å². The predicted octanol–water partition coefficient (Wildman–Crippen LogP) is 2.64. The van der Waals surface area contributed by atoms with Crippen molar-refractivity contribution in [1.82, 2.24) is 20.0 Å². The Hall–Kier alpha value is -3.00. The van der Waals surface area contributed by atoms with E-state index in [1.54, 1.807) is 29.0 Å². The van der Waals surface area contributed by atoms with Gasteiger partial charge in [0.15, 0.2) is 0 Å². The second kappa shape index (κ2) is 7.71. The fraction of sp³-hybridized carbons (Fsp3) is 0.316. The summed E-state index contributed by atoms with van der Waals surface area (Å²) < 4.78 is 25.6. The summed E-state index contributed by atoms with van der Waals surface area (Å²) in [6.07, 6.45) is 3.90. The lowest BCUT2D eigenvalue weighted by atomic mass is 10.2. The SMILES string of the molecule is O=C(Cn1cccc1-c1nc(-c2ccc(F)cc2)no1)NC[C@H]1CCCO1. The van der Waals surface area contributed by atoms with Gasteiger partial charge in [0.25, 0.3) is 5.89 Å². The number of rotatable bonds is 6. The minimum absolute atomic E-state index is 0.104. The highest BCUT2D eigenvalue weighted by atomic mass is 19.1. The molecule has 1 N–H and O–H groups in total. The van der Waals surface area contributed by atoms with Crippen LogP contribution in [-0.4, -0.2) is 39.9 Å². The number of aromatic nitrogens is 3. The van der Waals surface area contributed by atoms with Gasteiger partial charge in [0.2, 0.25) is 11.7 Å². The number of ether oxygens (including phenoxy) is 1. The molecule has 3 heterocycles. The van der Waals surface area contributed by atoms with Crippen LogP contribution in [0.15, 0.2) is 47.1 Å². The molecule has 0 bridgehead atoms. The molecule has 1 aromatic carbocycles. The Morgan fingerprint density at radius 3 is 2.93 bits per heavy atom. The van der Waals surface area contributed by atoms with Gasteiger partial charge in [-0.3, -0.25) is 4.79 Å². The molecule has 0 radical (unpaired) electrons. The second-order valence-electron chi connectivity index (χ2n) is 6.39. The van der Waals surface area contributed by atoms with Crippen LogP contribution in [0.25, 0.3) is 23.0 Å². The molecule has 1 fully saturated rings. The van der Waals surface area contributed by atoms with Gasteiger partial charge in [-0.25, -0.2) is 4.39 Å². The Morgan fingerprint density at radius 1 is 1.30 bits per heavy atom. The van der Waals surface area contributed by atoms with Gasteiger partial charge in [-0.05, 0) is 49.2 Å². The van der Waals surface area contributed by atoms with Crippen molar-refractivity contribution >= 4 is 5.91 Å². The molecule has 0 aliphatic carbocycles. The van der Waals surface area contributed by atoms with E-state index in [0.29, 0.717) is 29.5 Å². The number of benzene rings is 1. The summed E-state index contributed by atoms with van der Waals surface area (Å²) in [6.45, 7) is 1.42. The summed E-state index contributed by atoms with van der Waals surface area (Å²) in [5, 5.41) is 6.83. The van der Waals surface area contributed by atoms with Crippen molar-refractivity contribution in [2.24, 2.45) is 0 Å². The van der Waals surface area contributed by atoms with Crippen LogP contribution in [0.4, 0.5) is 4.39 Å². The topological polar surface area (TPSA) is 82.2 Å². The van der Waals surface area contributed by atoms with Crippen molar-refractivity contribution in [2.45, 2.75) is 25.5 Å². The molecule has 2 aromatic heterocycles. The van der Waals surface area contributed by atoms with Crippen LogP contribution in [0.5, 0.6) is 0 Å². The average molecular weight is 370 g/mol. The minimum Gasteiger partial charge on any atom is -0.376 e. The standard InChI is InChI=1S/C19H19FN4O3/c20-14-7-5-13(6-8-14)18-22-19(27-23-18)16-4-1-9-24(16)12-17(25)21-11-15-3-2-10-26-15/h1,4-9,15H,2-3,10-12H2,(H,21,25)/t15-/m1/s1. The first-order valence-electron chi connectivity index (χ1n) is 8.82. The first-order chi connectivity index (χ1) is 13.2. The van der Waals surface area contributed by atoms with Crippen LogP contribution in [0.2, 0.25) is 0 Å². The summed E-state index contributed by atoms with van der Waals surface area (Å²) in [4.78, 5) is 16.6. The maximum Gasteiger partial charge on any atom is 0.274 e. The van der Waals surface area contributed by atoms with E-state index in [4.69, 9.17) is 9.26 Å². The minimum atomic E-state index is -0.328. The van der Waals surface area contributed by atoms with Crippen LogP contribution < -0.4 is 5.32 Å². The van der Waals surface area contributed by atoms with E-state index in [9.17, 15) is 9.18 Å². The van der Waals surface area contributed by atoms with E-state index < -0.39 is 0 Å². The molecule has 1 atom stereocenters. The van der Waals surface area contributed by atoms with E-state index in [2.05, 4.69) is 15.5 Å². The van der Waals surface area contributed by atoms with Gasteiger partial charge in [-0.1, -0.05) is 5.16 Å². The van der Waals surface area contributed by atoms with Gasteiger partial charge >= 0.3 is 0 Å². The number of halogens is 1. The fourth-order valence-corrected chi connectivity index (χ4v) is 3.03. The van der Waals surface area contributed by atoms with Crippen molar-refractivity contribution in [3.63, 3.8) is 0 Å². The Balaban J connectivity index is 1.44. The maximum atomic E-state index is 13.1. The van der Waals surface area contributed by atoms with Crippen LogP contribution in [0, 0.1) is 5.82 Å². The highest BCUT2D eigenvalue weighted by Crippen LogP contribution is 2.23. The van der Waals surface area contributed by atoms with Crippen molar-refractivity contribution < 1.29 is 18.4 Å². The summed E-state index contributed by atoms with van der Waals surface area (Å²) in [5.41, 5.74) is 1.29. The molecule has 7 nitrogen and oxygen atoms in total. The molecule has 3 aromatic rings. The summed E-state index contributed by atoms with van der Waals surface area (Å²) in [7, 11) is 0. The van der Waals surface area contributed by atoms with Crippen molar-refractivity contribution in [3.8, 4) is 23.0 Å². The molecular weight excluding hydrogens is 351 g/mol. The Bertz CT molecular complexity index is 913. The number of nitrogens with zero attached hydrogens (tertiary/aromatic N) is 3. The van der Waals surface area contributed by atoms with Crippen LogP contribution in [0.1, 0.15) is 12.8 Å². The third-order valence-corrected chi connectivity index (χ3v) is 4.44. The quantitative estimate of drug-likeness (QED) is 0.721. The highest BCUT2D eigenvalue weighted by Gasteiger charge is 2.18. The number of nitrogens with one attached hydrogen (secondary N) is 1. The molecule has 4 rings (SSSR count).